The number of anilines is 2. The van der Waals surface area contributed by atoms with Gasteiger partial charge in [-0.25, -0.2) is 0 Å². The van der Waals surface area contributed by atoms with Gasteiger partial charge in [0.25, 0.3) is 0 Å². The summed E-state index contributed by atoms with van der Waals surface area (Å²) in [6.07, 6.45) is 0. The summed E-state index contributed by atoms with van der Waals surface area (Å²) >= 11 is 13.2. The van der Waals surface area contributed by atoms with Crippen LogP contribution in [0.3, 0.4) is 0 Å². The zero-order valence-corrected chi connectivity index (χ0v) is 13.6. The molecule has 0 aromatic heterocycles. The van der Waals surface area contributed by atoms with Crippen LogP contribution in [0.1, 0.15) is 5.56 Å². The highest BCUT2D eigenvalue weighted by molar-refractivity contribution is 8.00. The summed E-state index contributed by atoms with van der Waals surface area (Å²) in [5.74, 6) is 0.150. The van der Waals surface area contributed by atoms with Gasteiger partial charge in [-0.1, -0.05) is 29.3 Å². The van der Waals surface area contributed by atoms with Crippen LogP contribution in [0.5, 0.6) is 0 Å². The Morgan fingerprint density at radius 2 is 2.05 bits per heavy atom. The van der Waals surface area contributed by atoms with E-state index in [2.05, 4.69) is 5.32 Å². The van der Waals surface area contributed by atoms with Crippen LogP contribution in [0.15, 0.2) is 41.3 Å². The van der Waals surface area contributed by atoms with E-state index in [4.69, 9.17) is 28.9 Å². The molecule has 6 heteroatoms. The number of hydrogen-bond donors (Lipinski definition) is 2. The van der Waals surface area contributed by atoms with E-state index in [1.165, 1.54) is 11.8 Å². The molecule has 0 radical (unpaired) electrons. The van der Waals surface area contributed by atoms with Crippen molar-refractivity contribution in [2.24, 2.45) is 0 Å². The largest absolute Gasteiger partial charge is 0.398 e. The molecule has 1 amide bonds. The molecule has 0 aliphatic carbocycles. The first-order chi connectivity index (χ1) is 9.97. The number of hydrogen-bond acceptors (Lipinski definition) is 3. The fourth-order valence-corrected chi connectivity index (χ4v) is 2.83. The predicted octanol–water partition coefficient (Wildman–Crippen LogP) is 4.61. The lowest BCUT2D eigenvalue weighted by Crippen LogP contribution is -2.15. The predicted molar refractivity (Wildman–Crippen MR) is 91.4 cm³/mol. The number of thioether (sulfide) groups is 1. The first-order valence-electron chi connectivity index (χ1n) is 6.20. The Bertz CT molecular complexity index is 677. The summed E-state index contributed by atoms with van der Waals surface area (Å²) in [4.78, 5) is 12.8. The summed E-state index contributed by atoms with van der Waals surface area (Å²) in [6, 6.07) is 10.6. The van der Waals surface area contributed by atoms with Crippen molar-refractivity contribution in [1.29, 1.82) is 0 Å². The molecule has 3 N–H and O–H groups in total. The van der Waals surface area contributed by atoms with Crippen molar-refractivity contribution in [3.05, 3.63) is 52.0 Å². The van der Waals surface area contributed by atoms with E-state index in [0.29, 0.717) is 15.7 Å². The normalized spacial score (nSPS) is 10.4. The molecule has 0 spiro atoms. The van der Waals surface area contributed by atoms with Crippen LogP contribution in [0, 0.1) is 6.92 Å². The zero-order valence-electron chi connectivity index (χ0n) is 11.3. The maximum absolute atomic E-state index is 12.0. The maximum atomic E-state index is 12.0. The molecule has 110 valence electrons. The number of rotatable bonds is 4. The molecule has 0 atom stereocenters. The third kappa shape index (κ3) is 4.30. The van der Waals surface area contributed by atoms with Gasteiger partial charge in [0.05, 0.1) is 5.75 Å². The van der Waals surface area contributed by atoms with E-state index < -0.39 is 0 Å². The monoisotopic (exact) mass is 340 g/mol. The number of nitrogen functional groups attached to an aromatic ring is 1. The van der Waals surface area contributed by atoms with E-state index in [9.17, 15) is 4.79 Å². The second-order valence-corrected chi connectivity index (χ2v) is 6.29. The number of amides is 1. The molecule has 2 rings (SSSR count). The summed E-state index contributed by atoms with van der Waals surface area (Å²) in [5, 5.41) is 4.05. The molecule has 0 aliphatic rings. The van der Waals surface area contributed by atoms with E-state index in [1.807, 2.05) is 13.0 Å². The Hall–Kier alpha value is -1.36. The number of benzene rings is 2. The molecule has 0 unspecified atom stereocenters. The molecule has 2 aromatic rings. The number of nitrogens with two attached hydrogens (primary N) is 1. The molecule has 21 heavy (non-hydrogen) atoms. The third-order valence-corrected chi connectivity index (χ3v) is 4.61. The van der Waals surface area contributed by atoms with Crippen LogP contribution in [-0.4, -0.2) is 11.7 Å². The van der Waals surface area contributed by atoms with Crippen LogP contribution in [0.4, 0.5) is 11.4 Å². The van der Waals surface area contributed by atoms with Crippen LogP contribution in [-0.2, 0) is 4.79 Å². The second kappa shape index (κ2) is 7.07. The molecule has 0 saturated carbocycles. The number of nitrogens with one attached hydrogen (secondary N) is 1. The second-order valence-electron chi connectivity index (χ2n) is 4.43. The molecule has 0 heterocycles. The van der Waals surface area contributed by atoms with E-state index in [0.717, 1.165) is 16.1 Å². The van der Waals surface area contributed by atoms with Crippen molar-refractivity contribution in [2.45, 2.75) is 11.8 Å². The Labute approximate surface area is 137 Å². The van der Waals surface area contributed by atoms with Crippen molar-refractivity contribution < 1.29 is 4.79 Å². The van der Waals surface area contributed by atoms with Gasteiger partial charge in [0, 0.05) is 26.3 Å². The van der Waals surface area contributed by atoms with Gasteiger partial charge in [-0.15, -0.1) is 11.8 Å². The molecule has 0 bridgehead atoms. The number of carbonyl (C=O) groups excluding carboxylic acids is 1. The van der Waals surface area contributed by atoms with Crippen LogP contribution in [0.2, 0.25) is 10.0 Å². The standard InChI is InChI=1S/C15H14Cl2N2OS/c1-9-11(17)3-2-4-13(9)19-15(20)8-21-14-6-5-10(16)7-12(14)18/h2-7H,8,18H2,1H3,(H,19,20). The summed E-state index contributed by atoms with van der Waals surface area (Å²) in [6.45, 7) is 1.86. The quantitative estimate of drug-likeness (QED) is 0.630. The van der Waals surface area contributed by atoms with Crippen molar-refractivity contribution in [3.63, 3.8) is 0 Å². The Morgan fingerprint density at radius 3 is 2.76 bits per heavy atom. The van der Waals surface area contributed by atoms with Crippen molar-refractivity contribution in [2.75, 3.05) is 16.8 Å². The highest BCUT2D eigenvalue weighted by Gasteiger charge is 2.09. The van der Waals surface area contributed by atoms with Crippen LogP contribution >= 0.6 is 35.0 Å². The van der Waals surface area contributed by atoms with Crippen LogP contribution in [0.25, 0.3) is 0 Å². The fraction of sp³-hybridized carbons (Fsp3) is 0.133. The first-order valence-corrected chi connectivity index (χ1v) is 7.94. The Balaban J connectivity index is 1.97. The Kier molecular flexibility index (Phi) is 5.39. The van der Waals surface area contributed by atoms with Gasteiger partial charge in [0.15, 0.2) is 0 Å². The minimum Gasteiger partial charge on any atom is -0.398 e. The van der Waals surface area contributed by atoms with Gasteiger partial charge in [-0.3, -0.25) is 4.79 Å². The number of halogens is 2. The lowest BCUT2D eigenvalue weighted by molar-refractivity contribution is -0.113. The average Bonchev–Trinajstić information content (AvgIpc) is 2.43. The molecule has 0 saturated heterocycles. The molecule has 0 fully saturated rings. The smallest absolute Gasteiger partial charge is 0.234 e. The third-order valence-electron chi connectivity index (χ3n) is 2.87. The summed E-state index contributed by atoms with van der Waals surface area (Å²) < 4.78 is 0. The highest BCUT2D eigenvalue weighted by atomic mass is 35.5. The fourth-order valence-electron chi connectivity index (χ4n) is 1.72. The molecular weight excluding hydrogens is 327 g/mol. The topological polar surface area (TPSA) is 55.1 Å². The molecular formula is C15H14Cl2N2OS. The van der Waals surface area contributed by atoms with E-state index in [1.54, 1.807) is 30.3 Å². The summed E-state index contributed by atoms with van der Waals surface area (Å²) in [7, 11) is 0. The van der Waals surface area contributed by atoms with Crippen LogP contribution < -0.4 is 11.1 Å². The van der Waals surface area contributed by atoms with Gasteiger partial charge >= 0.3 is 0 Å². The van der Waals surface area contributed by atoms with Gasteiger partial charge in [-0.05, 0) is 42.8 Å². The maximum Gasteiger partial charge on any atom is 0.234 e. The minimum absolute atomic E-state index is 0.111. The minimum atomic E-state index is -0.111. The van der Waals surface area contributed by atoms with Gasteiger partial charge in [0.2, 0.25) is 5.91 Å². The molecule has 3 nitrogen and oxygen atoms in total. The number of carbonyl (C=O) groups is 1. The zero-order chi connectivity index (χ0) is 15.4. The SMILES string of the molecule is Cc1c(Cl)cccc1NC(=O)CSc1ccc(Cl)cc1N. The van der Waals surface area contributed by atoms with Gasteiger partial charge < -0.3 is 11.1 Å². The van der Waals surface area contributed by atoms with E-state index >= 15 is 0 Å². The Morgan fingerprint density at radius 1 is 1.29 bits per heavy atom. The lowest BCUT2D eigenvalue weighted by atomic mass is 10.2. The average molecular weight is 341 g/mol. The molecule has 2 aromatic carbocycles. The van der Waals surface area contributed by atoms with Crippen molar-refractivity contribution in [1.82, 2.24) is 0 Å². The lowest BCUT2D eigenvalue weighted by Gasteiger charge is -2.10. The summed E-state index contributed by atoms with van der Waals surface area (Å²) in [5.41, 5.74) is 7.99. The van der Waals surface area contributed by atoms with Gasteiger partial charge in [-0.2, -0.15) is 0 Å². The first kappa shape index (κ1) is 16.0. The van der Waals surface area contributed by atoms with E-state index in [-0.39, 0.29) is 11.7 Å². The van der Waals surface area contributed by atoms with Crippen molar-refractivity contribution >= 4 is 52.2 Å². The van der Waals surface area contributed by atoms with Gasteiger partial charge in [0.1, 0.15) is 0 Å². The molecule has 0 aliphatic heterocycles. The highest BCUT2D eigenvalue weighted by Crippen LogP contribution is 2.28. The van der Waals surface area contributed by atoms with Crippen molar-refractivity contribution in [3.8, 4) is 0 Å².